The number of halogens is 4. The molecule has 1 heterocycles. The van der Waals surface area contributed by atoms with E-state index in [0.29, 0.717) is 0 Å². The van der Waals surface area contributed by atoms with E-state index in [1.165, 1.54) is 12.3 Å². The van der Waals surface area contributed by atoms with Gasteiger partial charge in [0.05, 0.1) is 16.3 Å². The molecule has 3 nitrogen and oxygen atoms in total. The summed E-state index contributed by atoms with van der Waals surface area (Å²) < 4.78 is 37.4. The van der Waals surface area contributed by atoms with E-state index in [9.17, 15) is 18.0 Å². The van der Waals surface area contributed by atoms with Gasteiger partial charge in [-0.15, -0.1) is 0 Å². The topological polar surface area (TPSA) is 42.0 Å². The molecule has 1 amide bonds. The average Bonchev–Trinajstić information content (AvgIpc) is 2.41. The molecule has 0 radical (unpaired) electrons. The second-order valence-corrected chi connectivity index (χ2v) is 4.27. The van der Waals surface area contributed by atoms with Crippen molar-refractivity contribution in [2.45, 2.75) is 6.18 Å². The van der Waals surface area contributed by atoms with Gasteiger partial charge in [-0.1, -0.05) is 17.7 Å². The van der Waals surface area contributed by atoms with E-state index in [1.54, 1.807) is 12.1 Å². The molecule has 20 heavy (non-hydrogen) atoms. The summed E-state index contributed by atoms with van der Waals surface area (Å²) in [5.74, 6) is -0.549. The second-order valence-electron chi connectivity index (χ2n) is 3.86. The first-order chi connectivity index (χ1) is 9.38. The molecule has 0 saturated heterocycles. The first kappa shape index (κ1) is 14.3. The zero-order valence-corrected chi connectivity index (χ0v) is 10.7. The number of hydrogen-bond acceptors (Lipinski definition) is 2. The molecule has 2 aromatic rings. The van der Waals surface area contributed by atoms with Crippen LogP contribution < -0.4 is 5.32 Å². The quantitative estimate of drug-likeness (QED) is 0.910. The lowest BCUT2D eigenvalue weighted by Gasteiger charge is -2.10. The van der Waals surface area contributed by atoms with Gasteiger partial charge in [-0.2, -0.15) is 13.2 Å². The van der Waals surface area contributed by atoms with Crippen LogP contribution in [0.2, 0.25) is 5.02 Å². The van der Waals surface area contributed by atoms with Gasteiger partial charge in [-0.25, -0.2) is 0 Å². The fourth-order valence-corrected chi connectivity index (χ4v) is 1.70. The van der Waals surface area contributed by atoms with Crippen LogP contribution in [0.15, 0.2) is 42.6 Å². The van der Waals surface area contributed by atoms with Gasteiger partial charge in [-0.3, -0.25) is 9.78 Å². The van der Waals surface area contributed by atoms with Crippen LogP contribution in [0, 0.1) is 0 Å². The molecular formula is C13H8ClF3N2O. The van der Waals surface area contributed by atoms with Crippen LogP contribution in [0.4, 0.5) is 18.9 Å². The molecular weight excluding hydrogens is 293 g/mol. The lowest BCUT2D eigenvalue weighted by Crippen LogP contribution is -2.14. The van der Waals surface area contributed by atoms with Crippen LogP contribution >= 0.6 is 11.6 Å². The maximum atomic E-state index is 12.5. The van der Waals surface area contributed by atoms with Crippen molar-refractivity contribution in [2.75, 3.05) is 5.32 Å². The van der Waals surface area contributed by atoms with Crippen molar-refractivity contribution in [1.29, 1.82) is 0 Å². The number of nitrogens with zero attached hydrogens (tertiary/aromatic N) is 1. The molecule has 0 aliphatic rings. The summed E-state index contributed by atoms with van der Waals surface area (Å²) in [5, 5.41) is 2.21. The zero-order chi connectivity index (χ0) is 14.8. The van der Waals surface area contributed by atoms with E-state index >= 15 is 0 Å². The number of pyridine rings is 1. The molecule has 2 rings (SSSR count). The molecule has 7 heteroatoms. The van der Waals surface area contributed by atoms with Crippen LogP contribution in [-0.4, -0.2) is 10.9 Å². The summed E-state index contributed by atoms with van der Waals surface area (Å²) in [5.41, 5.74) is -0.642. The van der Waals surface area contributed by atoms with E-state index < -0.39 is 17.6 Å². The fraction of sp³-hybridized carbons (Fsp3) is 0.0769. The third kappa shape index (κ3) is 3.27. The summed E-state index contributed by atoms with van der Waals surface area (Å²) in [4.78, 5) is 15.6. The Balaban J connectivity index is 2.21. The van der Waals surface area contributed by atoms with Crippen molar-refractivity contribution < 1.29 is 18.0 Å². The molecule has 0 aliphatic heterocycles. The second kappa shape index (κ2) is 5.50. The number of hydrogen-bond donors (Lipinski definition) is 1. The largest absolute Gasteiger partial charge is 0.416 e. The van der Waals surface area contributed by atoms with Gasteiger partial charge in [0.25, 0.3) is 5.91 Å². The van der Waals surface area contributed by atoms with Crippen molar-refractivity contribution in [3.8, 4) is 0 Å². The maximum Gasteiger partial charge on any atom is 0.416 e. The number of alkyl halides is 3. The summed E-state index contributed by atoms with van der Waals surface area (Å²) >= 11 is 5.73. The minimum atomic E-state index is -4.48. The molecule has 0 atom stereocenters. The van der Waals surface area contributed by atoms with Crippen LogP contribution in [0.3, 0.4) is 0 Å². The van der Waals surface area contributed by atoms with Gasteiger partial charge < -0.3 is 5.32 Å². The Hall–Kier alpha value is -2.08. The van der Waals surface area contributed by atoms with Gasteiger partial charge in [0.15, 0.2) is 0 Å². The van der Waals surface area contributed by atoms with Crippen molar-refractivity contribution in [2.24, 2.45) is 0 Å². The highest BCUT2D eigenvalue weighted by molar-refractivity contribution is 6.34. The number of carbonyl (C=O) groups is 1. The monoisotopic (exact) mass is 300 g/mol. The fourth-order valence-electron chi connectivity index (χ4n) is 1.48. The van der Waals surface area contributed by atoms with Gasteiger partial charge in [0.2, 0.25) is 0 Å². The predicted octanol–water partition coefficient (Wildman–Crippen LogP) is 4.01. The van der Waals surface area contributed by atoms with Crippen molar-refractivity contribution in [1.82, 2.24) is 4.98 Å². The molecule has 1 N–H and O–H groups in total. The first-order valence-corrected chi connectivity index (χ1v) is 5.85. The number of anilines is 1. The lowest BCUT2D eigenvalue weighted by atomic mass is 10.2. The van der Waals surface area contributed by atoms with E-state index in [2.05, 4.69) is 10.3 Å². The van der Waals surface area contributed by atoms with E-state index in [0.717, 1.165) is 18.2 Å². The molecule has 0 unspecified atom stereocenters. The number of nitrogens with one attached hydrogen (secondary N) is 1. The Bertz CT molecular complexity index is 629. The molecule has 0 fully saturated rings. The Kier molecular flexibility index (Phi) is 3.94. The smallest absolute Gasteiger partial charge is 0.319 e. The third-order valence-electron chi connectivity index (χ3n) is 2.44. The van der Waals surface area contributed by atoms with Crippen molar-refractivity contribution >= 4 is 23.2 Å². The predicted molar refractivity (Wildman–Crippen MR) is 68.6 cm³/mol. The number of benzene rings is 1. The highest BCUT2D eigenvalue weighted by Crippen LogP contribution is 2.33. The molecule has 1 aromatic carbocycles. The van der Waals surface area contributed by atoms with Crippen LogP contribution in [0.5, 0.6) is 0 Å². The van der Waals surface area contributed by atoms with Crippen LogP contribution in [0.25, 0.3) is 0 Å². The van der Waals surface area contributed by atoms with Crippen LogP contribution in [-0.2, 0) is 6.18 Å². The van der Waals surface area contributed by atoms with E-state index in [1.807, 2.05) is 0 Å². The third-order valence-corrected chi connectivity index (χ3v) is 2.75. The highest BCUT2D eigenvalue weighted by Gasteiger charge is 2.31. The standard InChI is InChI=1S/C13H8ClF3N2O/c14-9-7-8(13(15,16)17)4-5-10(9)19-12(20)11-3-1-2-6-18-11/h1-7H,(H,19,20). The molecule has 104 valence electrons. The summed E-state index contributed by atoms with van der Waals surface area (Å²) in [6.45, 7) is 0. The van der Waals surface area contributed by atoms with Gasteiger partial charge >= 0.3 is 6.18 Å². The summed E-state index contributed by atoms with van der Waals surface area (Å²) in [6.07, 6.45) is -3.05. The molecule has 0 saturated carbocycles. The number of aromatic nitrogens is 1. The Labute approximate surface area is 117 Å². The van der Waals surface area contributed by atoms with Crippen molar-refractivity contribution in [3.05, 3.63) is 58.9 Å². The molecule has 0 bridgehead atoms. The Morgan fingerprint density at radius 2 is 1.95 bits per heavy atom. The average molecular weight is 301 g/mol. The minimum Gasteiger partial charge on any atom is -0.319 e. The SMILES string of the molecule is O=C(Nc1ccc(C(F)(F)F)cc1Cl)c1ccccn1. The summed E-state index contributed by atoms with van der Waals surface area (Å²) in [6, 6.07) is 7.45. The highest BCUT2D eigenvalue weighted by atomic mass is 35.5. The lowest BCUT2D eigenvalue weighted by molar-refractivity contribution is -0.137. The molecule has 0 spiro atoms. The van der Waals surface area contributed by atoms with Gasteiger partial charge in [0.1, 0.15) is 5.69 Å². The Morgan fingerprint density at radius 1 is 1.20 bits per heavy atom. The van der Waals surface area contributed by atoms with Gasteiger partial charge in [-0.05, 0) is 30.3 Å². The number of amides is 1. The normalized spacial score (nSPS) is 11.2. The number of carbonyl (C=O) groups excluding carboxylic acids is 1. The maximum absolute atomic E-state index is 12.5. The first-order valence-electron chi connectivity index (χ1n) is 5.47. The molecule has 1 aromatic heterocycles. The van der Waals surface area contributed by atoms with Crippen molar-refractivity contribution in [3.63, 3.8) is 0 Å². The van der Waals surface area contributed by atoms with Crippen LogP contribution in [0.1, 0.15) is 16.1 Å². The minimum absolute atomic E-state index is 0.0929. The zero-order valence-electron chi connectivity index (χ0n) is 9.91. The van der Waals surface area contributed by atoms with E-state index in [-0.39, 0.29) is 16.4 Å². The van der Waals surface area contributed by atoms with Gasteiger partial charge in [0, 0.05) is 6.20 Å². The molecule has 0 aliphatic carbocycles. The number of rotatable bonds is 2. The Morgan fingerprint density at radius 3 is 2.50 bits per heavy atom. The summed E-state index contributed by atoms with van der Waals surface area (Å²) in [7, 11) is 0. The van der Waals surface area contributed by atoms with E-state index in [4.69, 9.17) is 11.6 Å².